The zero-order chi connectivity index (χ0) is 21.9. The number of rotatable bonds is 9. The zero-order valence-electron chi connectivity index (χ0n) is 18.7. The fraction of sp³-hybridized carbons (Fsp3) is 0.500. The maximum absolute atomic E-state index is 12.4. The van der Waals surface area contributed by atoms with Crippen LogP contribution < -0.4 is 4.74 Å². The van der Waals surface area contributed by atoms with Gasteiger partial charge in [0.25, 0.3) is 0 Å². The summed E-state index contributed by atoms with van der Waals surface area (Å²) in [5.74, 6) is 0.341. The number of pyridine rings is 1. The summed E-state index contributed by atoms with van der Waals surface area (Å²) in [5, 5.41) is 10.1. The van der Waals surface area contributed by atoms with Crippen LogP contribution in [0.1, 0.15) is 77.6 Å². The molecule has 3 rings (SSSR count). The molecule has 0 radical (unpaired) electrons. The Morgan fingerprint density at radius 1 is 1.03 bits per heavy atom. The van der Waals surface area contributed by atoms with Crippen LogP contribution in [0, 0.1) is 0 Å². The highest BCUT2D eigenvalue weighted by Crippen LogP contribution is 2.30. The van der Waals surface area contributed by atoms with E-state index in [2.05, 4.69) is 13.8 Å². The molecular formula is C26H39NO4. The zero-order valence-corrected chi connectivity index (χ0v) is 18.7. The van der Waals surface area contributed by atoms with Gasteiger partial charge in [-0.05, 0) is 37.6 Å². The van der Waals surface area contributed by atoms with Crippen LogP contribution in [0.25, 0.3) is 16.4 Å². The van der Waals surface area contributed by atoms with Crippen molar-refractivity contribution in [2.45, 2.75) is 73.3 Å². The minimum absolute atomic E-state index is 0. The largest absolute Gasteiger partial charge is 0.488 e. The van der Waals surface area contributed by atoms with Crippen LogP contribution in [0.2, 0.25) is 0 Å². The predicted octanol–water partition coefficient (Wildman–Crippen LogP) is 6.64. The van der Waals surface area contributed by atoms with Gasteiger partial charge in [0.15, 0.2) is 0 Å². The number of ether oxygens (including phenoxy) is 2. The number of hydrogen-bond donors (Lipinski definition) is 1. The molecule has 0 aliphatic heterocycles. The van der Waals surface area contributed by atoms with Gasteiger partial charge in [-0.2, -0.15) is 0 Å². The van der Waals surface area contributed by atoms with Crippen molar-refractivity contribution in [3.8, 4) is 5.75 Å². The lowest BCUT2D eigenvalue weighted by atomic mass is 10.1. The van der Waals surface area contributed by atoms with Gasteiger partial charge in [0.1, 0.15) is 11.9 Å². The second-order valence-corrected chi connectivity index (χ2v) is 7.27. The molecule has 1 atom stereocenters. The van der Waals surface area contributed by atoms with Gasteiger partial charge in [0, 0.05) is 17.6 Å². The molecule has 2 heterocycles. The van der Waals surface area contributed by atoms with Crippen molar-refractivity contribution in [3.63, 3.8) is 0 Å². The van der Waals surface area contributed by atoms with Crippen LogP contribution in [0.3, 0.4) is 0 Å². The number of hydrogen-bond acceptors (Lipinski definition) is 4. The van der Waals surface area contributed by atoms with Gasteiger partial charge >= 0.3 is 5.97 Å². The van der Waals surface area contributed by atoms with E-state index >= 15 is 0 Å². The maximum Gasteiger partial charge on any atom is 0.340 e. The van der Waals surface area contributed by atoms with Crippen molar-refractivity contribution < 1.29 is 19.4 Å². The summed E-state index contributed by atoms with van der Waals surface area (Å²) >= 11 is 0. The Morgan fingerprint density at radius 2 is 1.74 bits per heavy atom. The molecule has 0 saturated heterocycles. The molecular weight excluding hydrogens is 390 g/mol. The molecule has 31 heavy (non-hydrogen) atoms. The molecule has 0 amide bonds. The van der Waals surface area contributed by atoms with Gasteiger partial charge in [-0.3, -0.25) is 0 Å². The van der Waals surface area contributed by atoms with E-state index in [1.54, 1.807) is 6.92 Å². The van der Waals surface area contributed by atoms with Crippen LogP contribution in [0.5, 0.6) is 5.75 Å². The highest BCUT2D eigenvalue weighted by molar-refractivity contribution is 6.11. The SMILES string of the molecule is C.CCCCCC.CCOC(=O)c1c2ccc(OC(CC)CO)cc2n2ccccc12. The predicted molar refractivity (Wildman–Crippen MR) is 129 cm³/mol. The van der Waals surface area contributed by atoms with Crippen LogP contribution in [0.4, 0.5) is 0 Å². The van der Waals surface area contributed by atoms with Crippen LogP contribution >= 0.6 is 0 Å². The van der Waals surface area contributed by atoms with Crippen molar-refractivity contribution >= 4 is 22.4 Å². The van der Waals surface area contributed by atoms with E-state index in [0.717, 1.165) is 22.8 Å². The Kier molecular flexibility index (Phi) is 11.7. The third-order valence-corrected chi connectivity index (χ3v) is 5.01. The summed E-state index contributed by atoms with van der Waals surface area (Å²) in [6, 6.07) is 11.3. The summed E-state index contributed by atoms with van der Waals surface area (Å²) in [5.41, 5.74) is 2.24. The molecule has 0 fully saturated rings. The average Bonchev–Trinajstić information content (AvgIpc) is 3.10. The number of benzene rings is 1. The Hall–Kier alpha value is -2.53. The molecule has 1 unspecified atom stereocenters. The minimum atomic E-state index is -0.327. The number of carbonyl (C=O) groups excluding carboxylic acids is 1. The number of fused-ring (bicyclic) bond motifs is 3. The highest BCUT2D eigenvalue weighted by atomic mass is 16.5. The summed E-state index contributed by atoms with van der Waals surface area (Å²) in [4.78, 5) is 12.4. The molecule has 2 aromatic heterocycles. The molecule has 1 N–H and O–H groups in total. The summed E-state index contributed by atoms with van der Waals surface area (Å²) in [6.07, 6.45) is 7.93. The first-order chi connectivity index (χ1) is 14.6. The average molecular weight is 430 g/mol. The molecule has 0 saturated carbocycles. The second-order valence-electron chi connectivity index (χ2n) is 7.27. The molecule has 1 aromatic carbocycles. The number of aromatic nitrogens is 1. The monoisotopic (exact) mass is 429 g/mol. The topological polar surface area (TPSA) is 60.2 Å². The van der Waals surface area contributed by atoms with Crippen molar-refractivity contribution in [3.05, 3.63) is 48.2 Å². The number of unbranched alkanes of at least 4 members (excludes halogenated alkanes) is 3. The Morgan fingerprint density at radius 3 is 2.32 bits per heavy atom. The first kappa shape index (κ1) is 26.5. The highest BCUT2D eigenvalue weighted by Gasteiger charge is 2.19. The minimum Gasteiger partial charge on any atom is -0.488 e. The van der Waals surface area contributed by atoms with E-state index in [0.29, 0.717) is 17.9 Å². The Balaban J connectivity index is 0.000000607. The van der Waals surface area contributed by atoms with Gasteiger partial charge in [0.2, 0.25) is 0 Å². The third-order valence-electron chi connectivity index (χ3n) is 5.01. The van der Waals surface area contributed by atoms with E-state index in [1.165, 1.54) is 25.7 Å². The smallest absolute Gasteiger partial charge is 0.340 e. The maximum atomic E-state index is 12.4. The fourth-order valence-corrected chi connectivity index (χ4v) is 3.35. The summed E-state index contributed by atoms with van der Waals surface area (Å²) in [7, 11) is 0. The number of esters is 1. The number of aliphatic hydroxyl groups excluding tert-OH is 1. The standard InChI is InChI=1S/C19H21NO4.C6H14.CH4/c1-3-13(12-21)24-14-8-9-15-17(11-14)20-10-6-5-7-16(20)18(15)19(22)23-4-2;1-3-5-6-4-2;/h5-11,13,21H,3-4,12H2,1-2H3;3-6H2,1-2H3;1H4. The van der Waals surface area contributed by atoms with Crippen molar-refractivity contribution in [1.82, 2.24) is 4.40 Å². The first-order valence-corrected chi connectivity index (χ1v) is 11.1. The lowest BCUT2D eigenvalue weighted by Crippen LogP contribution is -2.19. The van der Waals surface area contributed by atoms with Crippen LogP contribution in [0.15, 0.2) is 42.6 Å². The molecule has 3 aromatic rings. The summed E-state index contributed by atoms with van der Waals surface area (Å²) < 4.78 is 13.0. The van der Waals surface area contributed by atoms with Gasteiger partial charge in [0.05, 0.1) is 29.8 Å². The summed E-state index contributed by atoms with van der Waals surface area (Å²) in [6.45, 7) is 8.53. The van der Waals surface area contributed by atoms with Crippen molar-refractivity contribution in [2.75, 3.05) is 13.2 Å². The van der Waals surface area contributed by atoms with E-state index in [9.17, 15) is 9.90 Å². The van der Waals surface area contributed by atoms with Gasteiger partial charge < -0.3 is 19.0 Å². The van der Waals surface area contributed by atoms with Crippen molar-refractivity contribution in [2.24, 2.45) is 0 Å². The van der Waals surface area contributed by atoms with E-state index < -0.39 is 0 Å². The molecule has 0 bridgehead atoms. The molecule has 172 valence electrons. The van der Waals surface area contributed by atoms with E-state index in [4.69, 9.17) is 9.47 Å². The molecule has 0 aliphatic carbocycles. The van der Waals surface area contributed by atoms with Gasteiger partial charge in [-0.1, -0.05) is 59.9 Å². The lowest BCUT2D eigenvalue weighted by molar-refractivity contribution is 0.0531. The van der Waals surface area contributed by atoms with Crippen LogP contribution in [-0.2, 0) is 4.74 Å². The Bertz CT molecular complexity index is 924. The Labute approximate surface area is 187 Å². The number of carbonyl (C=O) groups is 1. The third kappa shape index (κ3) is 6.73. The number of aliphatic hydroxyl groups is 1. The quantitative estimate of drug-likeness (QED) is 0.306. The van der Waals surface area contributed by atoms with Gasteiger partial charge in [-0.15, -0.1) is 0 Å². The second kappa shape index (κ2) is 13.7. The molecule has 0 aliphatic rings. The van der Waals surface area contributed by atoms with Crippen LogP contribution in [-0.4, -0.2) is 34.8 Å². The fourth-order valence-electron chi connectivity index (χ4n) is 3.35. The molecule has 5 heteroatoms. The van der Waals surface area contributed by atoms with E-state index in [1.807, 2.05) is 53.9 Å². The van der Waals surface area contributed by atoms with Gasteiger partial charge in [-0.25, -0.2) is 4.79 Å². The van der Waals surface area contributed by atoms with Crippen molar-refractivity contribution in [1.29, 1.82) is 0 Å². The molecule has 0 spiro atoms. The lowest BCUT2D eigenvalue weighted by Gasteiger charge is -2.14. The first-order valence-electron chi connectivity index (χ1n) is 11.1. The number of nitrogens with zero attached hydrogens (tertiary/aromatic N) is 1. The van der Waals surface area contributed by atoms with E-state index in [-0.39, 0.29) is 26.1 Å². The molecule has 5 nitrogen and oxygen atoms in total. The normalized spacial score (nSPS) is 11.4.